The third-order valence-corrected chi connectivity index (χ3v) is 3.56. The number of nitrogens with one attached hydrogen (secondary N) is 1. The number of fused-ring (bicyclic) bond motifs is 1. The summed E-state index contributed by atoms with van der Waals surface area (Å²) in [7, 11) is 3.11. The summed E-state index contributed by atoms with van der Waals surface area (Å²) in [5.41, 5.74) is 2.15. The van der Waals surface area contributed by atoms with E-state index < -0.39 is 0 Å². The van der Waals surface area contributed by atoms with Gasteiger partial charge in [0.05, 0.1) is 30.8 Å². The normalized spacial score (nSPS) is 11.3. The summed E-state index contributed by atoms with van der Waals surface area (Å²) in [5, 5.41) is 9.47. The van der Waals surface area contributed by atoms with Gasteiger partial charge in [-0.3, -0.25) is 0 Å². The second-order valence-electron chi connectivity index (χ2n) is 5.02. The molecule has 5 nitrogen and oxygen atoms in total. The molecule has 0 atom stereocenters. The Labute approximate surface area is 138 Å². The Balaban J connectivity index is 2.07. The molecule has 0 radical (unpaired) electrons. The maximum Gasteiger partial charge on any atom is 0.149 e. The van der Waals surface area contributed by atoms with Gasteiger partial charge in [0, 0.05) is 11.6 Å². The van der Waals surface area contributed by atoms with Crippen LogP contribution >= 0.6 is 0 Å². The molecule has 2 aromatic carbocycles. The summed E-state index contributed by atoms with van der Waals surface area (Å²) in [6.07, 6.45) is 1.66. The average molecular weight is 323 g/mol. The van der Waals surface area contributed by atoms with E-state index in [-0.39, 0.29) is 5.82 Å². The van der Waals surface area contributed by atoms with Gasteiger partial charge in [-0.2, -0.15) is 5.26 Å². The molecule has 0 fully saturated rings. The zero-order chi connectivity index (χ0) is 17.1. The summed E-state index contributed by atoms with van der Waals surface area (Å²) in [5.74, 6) is 1.24. The monoisotopic (exact) mass is 323 g/mol. The maximum absolute atomic E-state index is 13.3. The van der Waals surface area contributed by atoms with Crippen molar-refractivity contribution in [1.29, 1.82) is 5.26 Å². The van der Waals surface area contributed by atoms with Crippen molar-refractivity contribution in [3.05, 3.63) is 53.6 Å². The Morgan fingerprint density at radius 2 is 2.04 bits per heavy atom. The minimum absolute atomic E-state index is 0.315. The smallest absolute Gasteiger partial charge is 0.149 e. The van der Waals surface area contributed by atoms with Crippen molar-refractivity contribution < 1.29 is 13.9 Å². The molecule has 0 aliphatic rings. The number of hydrogen-bond donors (Lipinski definition) is 1. The Bertz CT molecular complexity index is 970. The number of methoxy groups -OCH3 is 2. The third kappa shape index (κ3) is 2.92. The lowest BCUT2D eigenvalue weighted by Crippen LogP contribution is -1.91. The van der Waals surface area contributed by atoms with Gasteiger partial charge in [0.25, 0.3) is 0 Å². The number of benzene rings is 2. The third-order valence-electron chi connectivity index (χ3n) is 3.56. The summed E-state index contributed by atoms with van der Waals surface area (Å²) < 4.78 is 23.8. The average Bonchev–Trinajstić information content (AvgIpc) is 3.02. The topological polar surface area (TPSA) is 70.9 Å². The van der Waals surface area contributed by atoms with Crippen molar-refractivity contribution in [2.45, 2.75) is 0 Å². The van der Waals surface area contributed by atoms with Gasteiger partial charge in [0.15, 0.2) is 0 Å². The van der Waals surface area contributed by atoms with Crippen LogP contribution in [0.5, 0.6) is 11.5 Å². The molecule has 0 aliphatic heterocycles. The highest BCUT2D eigenvalue weighted by atomic mass is 19.1. The van der Waals surface area contributed by atoms with E-state index in [9.17, 15) is 9.65 Å². The highest BCUT2D eigenvalue weighted by Gasteiger charge is 2.11. The van der Waals surface area contributed by atoms with Crippen LogP contribution in [0.1, 0.15) is 11.4 Å². The first-order chi connectivity index (χ1) is 11.6. The van der Waals surface area contributed by atoms with Crippen molar-refractivity contribution >= 4 is 22.7 Å². The number of nitrogens with zero attached hydrogens (tertiary/aromatic N) is 2. The van der Waals surface area contributed by atoms with E-state index in [1.807, 2.05) is 0 Å². The van der Waals surface area contributed by atoms with Gasteiger partial charge in [0.2, 0.25) is 0 Å². The van der Waals surface area contributed by atoms with Gasteiger partial charge in [0.1, 0.15) is 29.2 Å². The number of hydrogen-bond acceptors (Lipinski definition) is 4. The van der Waals surface area contributed by atoms with E-state index >= 15 is 0 Å². The minimum atomic E-state index is -0.364. The van der Waals surface area contributed by atoms with Crippen molar-refractivity contribution in [2.24, 2.45) is 0 Å². The first-order valence-electron chi connectivity index (χ1n) is 7.14. The predicted molar refractivity (Wildman–Crippen MR) is 89.1 cm³/mol. The largest absolute Gasteiger partial charge is 0.497 e. The van der Waals surface area contributed by atoms with Gasteiger partial charge in [-0.25, -0.2) is 9.37 Å². The maximum atomic E-state index is 13.3. The molecule has 1 heterocycles. The lowest BCUT2D eigenvalue weighted by molar-refractivity contribution is 0.394. The van der Waals surface area contributed by atoms with Gasteiger partial charge in [-0.1, -0.05) is 0 Å². The zero-order valence-electron chi connectivity index (χ0n) is 13.1. The number of imidazole rings is 1. The predicted octanol–water partition coefficient (Wildman–Crippen LogP) is 3.78. The fraction of sp³-hybridized carbons (Fsp3) is 0.111. The van der Waals surface area contributed by atoms with Crippen LogP contribution in [-0.2, 0) is 0 Å². The quantitative estimate of drug-likeness (QED) is 0.742. The molecule has 3 aromatic rings. The number of ether oxygens (including phenoxy) is 2. The van der Waals surface area contributed by atoms with Crippen LogP contribution in [-0.4, -0.2) is 24.2 Å². The van der Waals surface area contributed by atoms with E-state index in [4.69, 9.17) is 9.47 Å². The Morgan fingerprint density at radius 3 is 2.75 bits per heavy atom. The second kappa shape index (κ2) is 6.42. The molecule has 0 spiro atoms. The van der Waals surface area contributed by atoms with Gasteiger partial charge >= 0.3 is 0 Å². The van der Waals surface area contributed by atoms with Crippen molar-refractivity contribution in [2.75, 3.05) is 14.2 Å². The van der Waals surface area contributed by atoms with Gasteiger partial charge in [-0.05, 0) is 36.4 Å². The molecule has 1 N–H and O–H groups in total. The Hall–Kier alpha value is -3.33. The molecule has 0 aliphatic carbocycles. The molecular formula is C18H14FN3O2. The summed E-state index contributed by atoms with van der Waals surface area (Å²) in [6.45, 7) is 0. The van der Waals surface area contributed by atoms with Crippen LogP contribution in [0.2, 0.25) is 0 Å². The molecule has 3 rings (SSSR count). The number of rotatable bonds is 4. The fourth-order valence-electron chi connectivity index (χ4n) is 2.36. The summed E-state index contributed by atoms with van der Waals surface area (Å²) in [6, 6.07) is 11.6. The van der Waals surface area contributed by atoms with Crippen LogP contribution < -0.4 is 9.47 Å². The lowest BCUT2D eigenvalue weighted by atomic mass is 10.1. The molecule has 120 valence electrons. The van der Waals surface area contributed by atoms with E-state index in [1.165, 1.54) is 12.1 Å². The SMILES string of the molecule is COc1ccc(/C=C(/C#N)c2nc3ccc(F)cc3[nH]2)c(OC)c1. The van der Waals surface area contributed by atoms with E-state index in [2.05, 4.69) is 16.0 Å². The van der Waals surface area contributed by atoms with Crippen LogP contribution in [0.15, 0.2) is 36.4 Å². The highest BCUT2D eigenvalue weighted by molar-refractivity contribution is 5.91. The molecule has 0 unspecified atom stereocenters. The minimum Gasteiger partial charge on any atom is -0.497 e. The molecule has 0 saturated heterocycles. The Morgan fingerprint density at radius 1 is 1.21 bits per heavy atom. The number of nitriles is 1. The molecule has 1 aromatic heterocycles. The number of halogens is 1. The van der Waals surface area contributed by atoms with Crippen LogP contribution in [0, 0.1) is 17.1 Å². The molecule has 24 heavy (non-hydrogen) atoms. The Kier molecular flexibility index (Phi) is 4.17. The van der Waals surface area contributed by atoms with Gasteiger partial charge < -0.3 is 14.5 Å². The molecule has 0 saturated carbocycles. The summed E-state index contributed by atoms with van der Waals surface area (Å²) >= 11 is 0. The second-order valence-corrected chi connectivity index (χ2v) is 5.02. The van der Waals surface area contributed by atoms with Crippen LogP contribution in [0.25, 0.3) is 22.7 Å². The first-order valence-corrected chi connectivity index (χ1v) is 7.14. The van der Waals surface area contributed by atoms with Gasteiger partial charge in [-0.15, -0.1) is 0 Å². The van der Waals surface area contributed by atoms with E-state index in [0.717, 1.165) is 0 Å². The van der Waals surface area contributed by atoms with E-state index in [0.29, 0.717) is 39.5 Å². The fourth-order valence-corrected chi connectivity index (χ4v) is 2.36. The van der Waals surface area contributed by atoms with Crippen molar-refractivity contribution in [3.8, 4) is 17.6 Å². The number of allylic oxidation sites excluding steroid dienone is 1. The number of aromatic amines is 1. The number of aromatic nitrogens is 2. The van der Waals surface area contributed by atoms with E-state index in [1.54, 1.807) is 44.6 Å². The number of H-pyrrole nitrogens is 1. The zero-order valence-corrected chi connectivity index (χ0v) is 13.1. The standard InChI is InChI=1S/C18H14FN3O2/c1-23-14-5-3-11(17(9-14)24-2)7-12(10-20)18-21-15-6-4-13(19)8-16(15)22-18/h3-9H,1-2H3,(H,21,22)/b12-7-. The summed E-state index contributed by atoms with van der Waals surface area (Å²) in [4.78, 5) is 7.29. The first kappa shape index (κ1) is 15.6. The van der Waals surface area contributed by atoms with Crippen LogP contribution in [0.3, 0.4) is 0 Å². The van der Waals surface area contributed by atoms with Crippen molar-refractivity contribution in [1.82, 2.24) is 9.97 Å². The lowest BCUT2D eigenvalue weighted by Gasteiger charge is -2.07. The molecule has 0 amide bonds. The molecule has 0 bridgehead atoms. The molecular weight excluding hydrogens is 309 g/mol. The highest BCUT2D eigenvalue weighted by Crippen LogP contribution is 2.28. The van der Waals surface area contributed by atoms with Crippen LogP contribution in [0.4, 0.5) is 4.39 Å². The van der Waals surface area contributed by atoms with Crippen molar-refractivity contribution in [3.63, 3.8) is 0 Å². The molecule has 6 heteroatoms.